The maximum atomic E-state index is 13.8. The lowest BCUT2D eigenvalue weighted by Crippen LogP contribution is -2.45. The lowest BCUT2D eigenvalue weighted by Gasteiger charge is -2.34. The standard InChI is InChI=1S/C22H27ClFN3O/c1-2-26-10-12-27(13-11-26)16-18-8-6-17(7-9-18)15-25-22(28)14-19-20(23)4-3-5-21(19)24/h3-9H,2,10-16H2,1H3,(H,25,28). The lowest BCUT2D eigenvalue weighted by molar-refractivity contribution is -0.120. The summed E-state index contributed by atoms with van der Waals surface area (Å²) >= 11 is 5.98. The van der Waals surface area contributed by atoms with E-state index in [1.165, 1.54) is 17.7 Å². The van der Waals surface area contributed by atoms with E-state index in [4.69, 9.17) is 11.6 Å². The van der Waals surface area contributed by atoms with Crippen LogP contribution >= 0.6 is 11.6 Å². The van der Waals surface area contributed by atoms with Gasteiger partial charge in [-0.15, -0.1) is 0 Å². The van der Waals surface area contributed by atoms with E-state index in [9.17, 15) is 9.18 Å². The first-order chi connectivity index (χ1) is 13.5. The molecule has 6 heteroatoms. The zero-order valence-corrected chi connectivity index (χ0v) is 17.0. The zero-order valence-electron chi connectivity index (χ0n) is 16.3. The molecule has 1 aliphatic heterocycles. The zero-order chi connectivity index (χ0) is 19.9. The van der Waals surface area contributed by atoms with Crippen molar-refractivity contribution in [3.05, 3.63) is 70.0 Å². The summed E-state index contributed by atoms with van der Waals surface area (Å²) in [6, 6.07) is 12.7. The van der Waals surface area contributed by atoms with Gasteiger partial charge in [-0.3, -0.25) is 9.69 Å². The molecule has 0 atom stereocenters. The van der Waals surface area contributed by atoms with E-state index in [1.54, 1.807) is 6.07 Å². The highest BCUT2D eigenvalue weighted by Gasteiger charge is 2.15. The number of halogens is 2. The molecule has 0 aliphatic carbocycles. The Bertz CT molecular complexity index is 769. The molecule has 0 radical (unpaired) electrons. The average Bonchev–Trinajstić information content (AvgIpc) is 2.71. The molecule has 4 nitrogen and oxygen atoms in total. The third kappa shape index (κ3) is 5.77. The summed E-state index contributed by atoms with van der Waals surface area (Å²) in [5, 5.41) is 3.11. The Morgan fingerprint density at radius 2 is 1.68 bits per heavy atom. The van der Waals surface area contributed by atoms with Crippen molar-refractivity contribution in [3.8, 4) is 0 Å². The number of hydrogen-bond acceptors (Lipinski definition) is 3. The smallest absolute Gasteiger partial charge is 0.224 e. The SMILES string of the molecule is CCN1CCN(Cc2ccc(CNC(=O)Cc3c(F)cccc3Cl)cc2)CC1. The highest BCUT2D eigenvalue weighted by molar-refractivity contribution is 6.31. The van der Waals surface area contributed by atoms with Gasteiger partial charge in [-0.25, -0.2) is 4.39 Å². The molecule has 1 heterocycles. The molecular formula is C22H27ClFN3O. The van der Waals surface area contributed by atoms with Gasteiger partial charge in [0.2, 0.25) is 5.91 Å². The molecule has 0 bridgehead atoms. The molecule has 0 saturated carbocycles. The Labute approximate surface area is 171 Å². The van der Waals surface area contributed by atoms with Gasteiger partial charge in [0, 0.05) is 49.9 Å². The minimum atomic E-state index is -0.452. The molecule has 1 fully saturated rings. The maximum Gasteiger partial charge on any atom is 0.224 e. The number of nitrogens with zero attached hydrogens (tertiary/aromatic N) is 2. The van der Waals surface area contributed by atoms with E-state index in [0.29, 0.717) is 6.54 Å². The number of piperazine rings is 1. The average molecular weight is 404 g/mol. The Balaban J connectivity index is 1.46. The van der Waals surface area contributed by atoms with Gasteiger partial charge in [-0.1, -0.05) is 48.9 Å². The van der Waals surface area contributed by atoms with Crippen LogP contribution < -0.4 is 5.32 Å². The molecule has 1 aliphatic rings. The summed E-state index contributed by atoms with van der Waals surface area (Å²) < 4.78 is 13.8. The van der Waals surface area contributed by atoms with E-state index in [0.717, 1.165) is 44.8 Å². The molecule has 1 N–H and O–H groups in total. The van der Waals surface area contributed by atoms with Gasteiger partial charge >= 0.3 is 0 Å². The fraction of sp³-hybridized carbons (Fsp3) is 0.409. The van der Waals surface area contributed by atoms with Crippen LogP contribution in [0.4, 0.5) is 4.39 Å². The summed E-state index contributed by atoms with van der Waals surface area (Å²) in [5.74, 6) is -0.698. The van der Waals surface area contributed by atoms with E-state index >= 15 is 0 Å². The van der Waals surface area contributed by atoms with Crippen LogP contribution in [-0.4, -0.2) is 48.4 Å². The molecule has 1 amide bonds. The number of benzene rings is 2. The van der Waals surface area contributed by atoms with Crippen molar-refractivity contribution < 1.29 is 9.18 Å². The van der Waals surface area contributed by atoms with Gasteiger partial charge in [0.05, 0.1) is 6.42 Å². The molecule has 150 valence electrons. The predicted octanol–water partition coefficient (Wildman–Crippen LogP) is 3.48. The molecule has 0 unspecified atom stereocenters. The van der Waals surface area contributed by atoms with E-state index in [2.05, 4.69) is 34.2 Å². The first-order valence-electron chi connectivity index (χ1n) is 9.77. The summed E-state index contributed by atoms with van der Waals surface area (Å²) in [7, 11) is 0. The van der Waals surface area contributed by atoms with Crippen LogP contribution in [0.25, 0.3) is 0 Å². The number of likely N-dealkylation sites (N-methyl/N-ethyl adjacent to an activating group) is 1. The van der Waals surface area contributed by atoms with Gasteiger partial charge in [-0.2, -0.15) is 0 Å². The first-order valence-corrected chi connectivity index (χ1v) is 10.1. The third-order valence-electron chi connectivity index (χ3n) is 5.23. The van der Waals surface area contributed by atoms with Crippen molar-refractivity contribution in [2.75, 3.05) is 32.7 Å². The predicted molar refractivity (Wildman–Crippen MR) is 111 cm³/mol. The quantitative estimate of drug-likeness (QED) is 0.768. The molecule has 1 saturated heterocycles. The van der Waals surface area contributed by atoms with Crippen molar-refractivity contribution >= 4 is 17.5 Å². The third-order valence-corrected chi connectivity index (χ3v) is 5.58. The summed E-state index contributed by atoms with van der Waals surface area (Å²) in [6.45, 7) is 9.17. The first kappa shape index (κ1) is 20.8. The number of hydrogen-bond donors (Lipinski definition) is 1. The topological polar surface area (TPSA) is 35.6 Å². The van der Waals surface area contributed by atoms with E-state index in [-0.39, 0.29) is 22.9 Å². The summed E-state index contributed by atoms with van der Waals surface area (Å²) in [6.07, 6.45) is -0.0622. The van der Waals surface area contributed by atoms with Crippen LogP contribution in [0.1, 0.15) is 23.6 Å². The van der Waals surface area contributed by atoms with Crippen molar-refractivity contribution in [3.63, 3.8) is 0 Å². The second kappa shape index (κ2) is 10.0. The minimum absolute atomic E-state index is 0.0622. The van der Waals surface area contributed by atoms with Gasteiger partial charge in [-0.05, 0) is 29.8 Å². The summed E-state index contributed by atoms with van der Waals surface area (Å²) in [4.78, 5) is 17.1. The van der Waals surface area contributed by atoms with Crippen molar-refractivity contribution in [1.82, 2.24) is 15.1 Å². The van der Waals surface area contributed by atoms with Crippen molar-refractivity contribution in [1.29, 1.82) is 0 Å². The highest BCUT2D eigenvalue weighted by atomic mass is 35.5. The van der Waals surface area contributed by atoms with Crippen molar-refractivity contribution in [2.24, 2.45) is 0 Å². The van der Waals surface area contributed by atoms with Crippen LogP contribution in [0, 0.1) is 5.82 Å². The summed E-state index contributed by atoms with van der Waals surface area (Å²) in [5.41, 5.74) is 2.53. The normalized spacial score (nSPS) is 15.5. The van der Waals surface area contributed by atoms with E-state index < -0.39 is 5.82 Å². The Hall–Kier alpha value is -1.95. The molecule has 0 spiro atoms. The lowest BCUT2D eigenvalue weighted by atomic mass is 10.1. The second-order valence-corrected chi connectivity index (χ2v) is 7.59. The van der Waals surface area contributed by atoms with Gasteiger partial charge in [0.15, 0.2) is 0 Å². The van der Waals surface area contributed by atoms with Crippen LogP contribution in [0.2, 0.25) is 5.02 Å². The molecular weight excluding hydrogens is 377 g/mol. The fourth-order valence-electron chi connectivity index (χ4n) is 3.41. The number of nitrogens with one attached hydrogen (secondary N) is 1. The number of carbonyl (C=O) groups excluding carboxylic acids is 1. The number of rotatable bonds is 7. The Morgan fingerprint density at radius 3 is 2.32 bits per heavy atom. The molecule has 2 aromatic carbocycles. The molecule has 0 aromatic heterocycles. The van der Waals surface area contributed by atoms with Gasteiger partial charge < -0.3 is 10.2 Å². The van der Waals surface area contributed by atoms with Crippen LogP contribution in [0.5, 0.6) is 0 Å². The highest BCUT2D eigenvalue weighted by Crippen LogP contribution is 2.19. The molecule has 28 heavy (non-hydrogen) atoms. The number of amides is 1. The van der Waals surface area contributed by atoms with Gasteiger partial charge in [0.25, 0.3) is 0 Å². The maximum absolute atomic E-state index is 13.8. The van der Waals surface area contributed by atoms with Crippen LogP contribution in [0.15, 0.2) is 42.5 Å². The van der Waals surface area contributed by atoms with Crippen molar-refractivity contribution in [2.45, 2.75) is 26.4 Å². The second-order valence-electron chi connectivity index (χ2n) is 7.18. The van der Waals surface area contributed by atoms with Crippen LogP contribution in [0.3, 0.4) is 0 Å². The fourth-order valence-corrected chi connectivity index (χ4v) is 3.64. The van der Waals surface area contributed by atoms with Gasteiger partial charge in [0.1, 0.15) is 5.82 Å². The minimum Gasteiger partial charge on any atom is -0.352 e. The largest absolute Gasteiger partial charge is 0.352 e. The monoisotopic (exact) mass is 403 g/mol. The number of carbonyl (C=O) groups is 1. The Kier molecular flexibility index (Phi) is 7.43. The Morgan fingerprint density at radius 1 is 1.04 bits per heavy atom. The molecule has 2 aromatic rings. The van der Waals surface area contributed by atoms with E-state index in [1.807, 2.05) is 12.1 Å². The van der Waals surface area contributed by atoms with Crippen LogP contribution in [-0.2, 0) is 24.3 Å². The molecule has 3 rings (SSSR count).